The Balaban J connectivity index is 2.62. The molecule has 1 aromatic carbocycles. The predicted octanol–water partition coefficient (Wildman–Crippen LogP) is 2.37. The lowest BCUT2D eigenvalue weighted by Gasteiger charge is -2.23. The highest BCUT2D eigenvalue weighted by molar-refractivity contribution is 6.31. The van der Waals surface area contributed by atoms with E-state index in [1.54, 1.807) is 6.07 Å². The lowest BCUT2D eigenvalue weighted by molar-refractivity contribution is 0.0695. The first kappa shape index (κ1) is 10.5. The van der Waals surface area contributed by atoms with Crippen LogP contribution in [0.25, 0.3) is 0 Å². The van der Waals surface area contributed by atoms with Crippen molar-refractivity contribution in [2.24, 2.45) is 5.73 Å². The maximum Gasteiger partial charge on any atom is 0.336 e. The van der Waals surface area contributed by atoms with Crippen LogP contribution in [0.2, 0.25) is 5.02 Å². The molecule has 1 aliphatic carbocycles. The van der Waals surface area contributed by atoms with Crippen LogP contribution < -0.4 is 5.73 Å². The topological polar surface area (TPSA) is 63.3 Å². The maximum absolute atomic E-state index is 11.0. The van der Waals surface area contributed by atoms with E-state index in [1.165, 1.54) is 6.07 Å². The number of nitrogens with two attached hydrogens (primary N) is 1. The molecule has 0 radical (unpaired) electrons. The molecule has 0 aromatic heterocycles. The van der Waals surface area contributed by atoms with Crippen molar-refractivity contribution in [1.29, 1.82) is 0 Å². The Morgan fingerprint density at radius 1 is 1.53 bits per heavy atom. The van der Waals surface area contributed by atoms with Gasteiger partial charge in [0, 0.05) is 11.1 Å². The number of hydrogen-bond acceptors (Lipinski definition) is 2. The van der Waals surface area contributed by atoms with Crippen molar-refractivity contribution < 1.29 is 9.90 Å². The van der Waals surface area contributed by atoms with Crippen molar-refractivity contribution in [2.45, 2.75) is 25.3 Å². The summed E-state index contributed by atoms with van der Waals surface area (Å²) in [5.41, 5.74) is 7.98. The largest absolute Gasteiger partial charge is 0.478 e. The zero-order valence-electron chi connectivity index (χ0n) is 8.16. The minimum atomic E-state index is -0.928. The lowest BCUT2D eigenvalue weighted by atomic mass is 9.85. The third-order valence-electron chi connectivity index (χ3n) is 2.82. The van der Waals surface area contributed by atoms with Gasteiger partial charge in [-0.3, -0.25) is 0 Å². The molecule has 0 spiro atoms. The van der Waals surface area contributed by atoms with Gasteiger partial charge in [-0.1, -0.05) is 11.6 Å². The van der Waals surface area contributed by atoms with Gasteiger partial charge in [-0.15, -0.1) is 0 Å². The van der Waals surface area contributed by atoms with Crippen LogP contribution in [0, 0.1) is 0 Å². The number of carbonyl (C=O) groups is 1. The average molecular weight is 226 g/mol. The number of rotatable bonds is 1. The molecule has 0 heterocycles. The molecule has 0 fully saturated rings. The predicted molar refractivity (Wildman–Crippen MR) is 58.3 cm³/mol. The zero-order chi connectivity index (χ0) is 11.0. The first-order valence-corrected chi connectivity index (χ1v) is 5.28. The van der Waals surface area contributed by atoms with Crippen LogP contribution in [0.1, 0.15) is 40.4 Å². The molecular weight excluding hydrogens is 214 g/mol. The summed E-state index contributed by atoms with van der Waals surface area (Å²) in [6.07, 6.45) is 2.62. The second kappa shape index (κ2) is 3.83. The van der Waals surface area contributed by atoms with Gasteiger partial charge in [0.1, 0.15) is 0 Å². The fourth-order valence-corrected chi connectivity index (χ4v) is 2.34. The summed E-state index contributed by atoms with van der Waals surface area (Å²) in [4.78, 5) is 11.0. The molecule has 3 nitrogen and oxygen atoms in total. The number of hydrogen-bond donors (Lipinski definition) is 2. The summed E-state index contributed by atoms with van der Waals surface area (Å²) in [5, 5.41) is 9.50. The molecule has 0 bridgehead atoms. The van der Waals surface area contributed by atoms with E-state index in [0.29, 0.717) is 10.6 Å². The van der Waals surface area contributed by atoms with E-state index in [2.05, 4.69) is 0 Å². The Bertz CT molecular complexity index is 417. The summed E-state index contributed by atoms with van der Waals surface area (Å²) in [6.45, 7) is 0. The molecule has 0 saturated heterocycles. The van der Waals surface area contributed by atoms with E-state index in [1.807, 2.05) is 0 Å². The summed E-state index contributed by atoms with van der Waals surface area (Å²) in [7, 11) is 0. The Hall–Kier alpha value is -1.06. The molecule has 3 N–H and O–H groups in total. The molecule has 0 saturated carbocycles. The van der Waals surface area contributed by atoms with E-state index in [-0.39, 0.29) is 6.04 Å². The maximum atomic E-state index is 11.0. The summed E-state index contributed by atoms with van der Waals surface area (Å²) in [5.74, 6) is -0.928. The molecular formula is C11H12ClNO2. The molecule has 2 rings (SSSR count). The third kappa shape index (κ3) is 1.85. The number of carboxylic acids is 1. The highest BCUT2D eigenvalue weighted by atomic mass is 35.5. The number of carboxylic acid groups (broad SMARTS) is 1. The van der Waals surface area contributed by atoms with E-state index < -0.39 is 5.97 Å². The van der Waals surface area contributed by atoms with Crippen molar-refractivity contribution in [3.05, 3.63) is 33.8 Å². The third-order valence-corrected chi connectivity index (χ3v) is 3.04. The monoisotopic (exact) mass is 225 g/mol. The van der Waals surface area contributed by atoms with Gasteiger partial charge in [0.25, 0.3) is 0 Å². The fourth-order valence-electron chi connectivity index (χ4n) is 2.11. The molecule has 0 aliphatic heterocycles. The molecule has 80 valence electrons. The minimum absolute atomic E-state index is 0.0782. The normalized spacial score (nSPS) is 19.7. The van der Waals surface area contributed by atoms with Crippen molar-refractivity contribution in [1.82, 2.24) is 0 Å². The molecule has 15 heavy (non-hydrogen) atoms. The standard InChI is InChI=1S/C11H12ClNO2/c12-6-4-8-7(2-1-3-10(8)13)9(5-6)11(14)15/h4-5,10H,1-3,13H2,(H,14,15)/t10-/m0/s1. The van der Waals surface area contributed by atoms with E-state index in [9.17, 15) is 4.79 Å². The Kier molecular flexibility index (Phi) is 2.67. The van der Waals surface area contributed by atoms with Gasteiger partial charge in [0.05, 0.1) is 5.56 Å². The molecule has 1 atom stereocenters. The van der Waals surface area contributed by atoms with Crippen molar-refractivity contribution in [2.75, 3.05) is 0 Å². The highest BCUT2D eigenvalue weighted by Crippen LogP contribution is 2.32. The number of aromatic carboxylic acids is 1. The molecule has 4 heteroatoms. The van der Waals surface area contributed by atoms with Crippen LogP contribution in [-0.4, -0.2) is 11.1 Å². The summed E-state index contributed by atoms with van der Waals surface area (Å²) in [6, 6.07) is 3.21. The van der Waals surface area contributed by atoms with Gasteiger partial charge in [-0.2, -0.15) is 0 Å². The SMILES string of the molecule is N[C@H]1CCCc2c(C(=O)O)cc(Cl)cc21. The molecule has 1 aliphatic rings. The number of benzene rings is 1. The fraction of sp³-hybridized carbons (Fsp3) is 0.364. The smallest absolute Gasteiger partial charge is 0.336 e. The highest BCUT2D eigenvalue weighted by Gasteiger charge is 2.22. The van der Waals surface area contributed by atoms with Crippen molar-refractivity contribution in [3.8, 4) is 0 Å². The van der Waals surface area contributed by atoms with Crippen LogP contribution in [0.15, 0.2) is 12.1 Å². The lowest BCUT2D eigenvalue weighted by Crippen LogP contribution is -2.20. The van der Waals surface area contributed by atoms with Crippen molar-refractivity contribution in [3.63, 3.8) is 0 Å². The molecule has 0 amide bonds. The first-order chi connectivity index (χ1) is 7.09. The van der Waals surface area contributed by atoms with Crippen molar-refractivity contribution >= 4 is 17.6 Å². The number of halogens is 1. The minimum Gasteiger partial charge on any atom is -0.478 e. The summed E-state index contributed by atoms with van der Waals surface area (Å²) >= 11 is 5.87. The molecule has 1 aromatic rings. The first-order valence-electron chi connectivity index (χ1n) is 4.91. The zero-order valence-corrected chi connectivity index (χ0v) is 8.92. The van der Waals surface area contributed by atoms with Crippen LogP contribution in [0.4, 0.5) is 0 Å². The van der Waals surface area contributed by atoms with Gasteiger partial charge in [-0.05, 0) is 42.5 Å². The van der Waals surface area contributed by atoms with Crippen LogP contribution >= 0.6 is 11.6 Å². The van der Waals surface area contributed by atoms with E-state index in [4.69, 9.17) is 22.4 Å². The Labute approximate surface area is 92.8 Å². The quantitative estimate of drug-likeness (QED) is 0.771. The van der Waals surface area contributed by atoms with Gasteiger partial charge >= 0.3 is 5.97 Å². The summed E-state index contributed by atoms with van der Waals surface area (Å²) < 4.78 is 0. The Morgan fingerprint density at radius 3 is 2.93 bits per heavy atom. The van der Waals surface area contributed by atoms with Gasteiger partial charge in [-0.25, -0.2) is 4.79 Å². The van der Waals surface area contributed by atoms with E-state index >= 15 is 0 Å². The average Bonchev–Trinajstić information content (AvgIpc) is 2.18. The second-order valence-corrected chi connectivity index (χ2v) is 4.26. The van der Waals surface area contributed by atoms with Gasteiger partial charge in [0.2, 0.25) is 0 Å². The van der Waals surface area contributed by atoms with Gasteiger partial charge in [0.15, 0.2) is 0 Å². The van der Waals surface area contributed by atoms with Crippen LogP contribution in [0.3, 0.4) is 0 Å². The van der Waals surface area contributed by atoms with Gasteiger partial charge < -0.3 is 10.8 Å². The van der Waals surface area contributed by atoms with Crippen LogP contribution in [0.5, 0.6) is 0 Å². The second-order valence-electron chi connectivity index (χ2n) is 3.83. The number of fused-ring (bicyclic) bond motifs is 1. The van der Waals surface area contributed by atoms with Crippen LogP contribution in [-0.2, 0) is 6.42 Å². The van der Waals surface area contributed by atoms with E-state index in [0.717, 1.165) is 30.4 Å². The Morgan fingerprint density at radius 2 is 2.27 bits per heavy atom. The molecule has 0 unspecified atom stereocenters.